The number of phenols is 2. The molecule has 0 amide bonds. The van der Waals surface area contributed by atoms with Gasteiger partial charge in [0.2, 0.25) is 0 Å². The minimum atomic E-state index is 0.227. The quantitative estimate of drug-likeness (QED) is 0.474. The maximum absolute atomic E-state index is 10.1. The highest BCUT2D eigenvalue weighted by molar-refractivity contribution is 5.92. The van der Waals surface area contributed by atoms with E-state index in [0.717, 1.165) is 33.4 Å². The molecule has 126 valence electrons. The van der Waals surface area contributed by atoms with Crippen molar-refractivity contribution in [3.63, 3.8) is 0 Å². The van der Waals surface area contributed by atoms with Crippen LogP contribution in [0.4, 0.5) is 0 Å². The van der Waals surface area contributed by atoms with E-state index in [1.165, 1.54) is 0 Å². The Morgan fingerprint density at radius 1 is 0.385 bits per heavy atom. The summed E-state index contributed by atoms with van der Waals surface area (Å²) in [4.78, 5) is 0. The molecule has 0 aromatic heterocycles. The topological polar surface area (TPSA) is 40.5 Å². The van der Waals surface area contributed by atoms with Crippen molar-refractivity contribution >= 4 is 0 Å². The lowest BCUT2D eigenvalue weighted by Gasteiger charge is -2.15. The summed E-state index contributed by atoms with van der Waals surface area (Å²) in [7, 11) is 0. The SMILES string of the molecule is Oc1cccc(-c2ccccc2-c2cc(O)ccc2-c2ccccc2)c1. The Kier molecular flexibility index (Phi) is 4.16. The number of hydrogen-bond donors (Lipinski definition) is 2. The Bertz CT molecular complexity index is 1050. The molecule has 0 bridgehead atoms. The van der Waals surface area contributed by atoms with E-state index in [9.17, 15) is 10.2 Å². The van der Waals surface area contributed by atoms with E-state index >= 15 is 0 Å². The van der Waals surface area contributed by atoms with E-state index in [0.29, 0.717) is 0 Å². The van der Waals surface area contributed by atoms with E-state index < -0.39 is 0 Å². The third-order valence-corrected chi connectivity index (χ3v) is 4.46. The second kappa shape index (κ2) is 6.77. The van der Waals surface area contributed by atoms with Crippen LogP contribution in [-0.2, 0) is 0 Å². The lowest BCUT2D eigenvalue weighted by molar-refractivity contribution is 0.475. The van der Waals surface area contributed by atoms with Crippen molar-refractivity contribution in [1.29, 1.82) is 0 Å². The summed E-state index contributed by atoms with van der Waals surface area (Å²) in [5.41, 5.74) is 6.04. The van der Waals surface area contributed by atoms with E-state index in [1.807, 2.05) is 60.7 Å². The first-order valence-corrected chi connectivity index (χ1v) is 8.49. The number of rotatable bonds is 3. The third kappa shape index (κ3) is 3.05. The van der Waals surface area contributed by atoms with Gasteiger partial charge in [-0.15, -0.1) is 0 Å². The molecule has 0 fully saturated rings. The van der Waals surface area contributed by atoms with E-state index in [1.54, 1.807) is 24.3 Å². The van der Waals surface area contributed by atoms with E-state index in [-0.39, 0.29) is 11.5 Å². The van der Waals surface area contributed by atoms with Gasteiger partial charge in [0.25, 0.3) is 0 Å². The van der Waals surface area contributed by atoms with Crippen molar-refractivity contribution in [3.05, 3.63) is 97.1 Å². The molecule has 0 heterocycles. The fourth-order valence-corrected chi connectivity index (χ4v) is 3.27. The smallest absolute Gasteiger partial charge is 0.116 e. The van der Waals surface area contributed by atoms with Crippen LogP contribution in [0.15, 0.2) is 97.1 Å². The molecule has 0 unspecified atom stereocenters. The van der Waals surface area contributed by atoms with Crippen molar-refractivity contribution in [2.75, 3.05) is 0 Å². The van der Waals surface area contributed by atoms with Gasteiger partial charge in [-0.2, -0.15) is 0 Å². The second-order valence-corrected chi connectivity index (χ2v) is 6.19. The maximum atomic E-state index is 10.1. The van der Waals surface area contributed by atoms with Gasteiger partial charge in [0.1, 0.15) is 11.5 Å². The van der Waals surface area contributed by atoms with Gasteiger partial charge < -0.3 is 10.2 Å². The molecule has 4 aromatic carbocycles. The monoisotopic (exact) mass is 338 g/mol. The Hall–Kier alpha value is -3.52. The first-order valence-electron chi connectivity index (χ1n) is 8.49. The molecule has 0 saturated carbocycles. The van der Waals surface area contributed by atoms with Crippen molar-refractivity contribution < 1.29 is 10.2 Å². The first-order chi connectivity index (χ1) is 12.7. The predicted molar refractivity (Wildman–Crippen MR) is 106 cm³/mol. The highest BCUT2D eigenvalue weighted by Crippen LogP contribution is 2.40. The van der Waals surface area contributed by atoms with Crippen molar-refractivity contribution in [1.82, 2.24) is 0 Å². The van der Waals surface area contributed by atoms with Crippen LogP contribution in [0.3, 0.4) is 0 Å². The number of benzene rings is 4. The van der Waals surface area contributed by atoms with Gasteiger partial charge >= 0.3 is 0 Å². The van der Waals surface area contributed by atoms with Crippen LogP contribution in [0.5, 0.6) is 11.5 Å². The lowest BCUT2D eigenvalue weighted by atomic mass is 9.89. The van der Waals surface area contributed by atoms with E-state index in [4.69, 9.17) is 0 Å². The Morgan fingerprint density at radius 3 is 1.77 bits per heavy atom. The van der Waals surface area contributed by atoms with Crippen LogP contribution < -0.4 is 0 Å². The standard InChI is InChI=1S/C24H18O2/c25-19-10-6-9-18(15-19)21-11-4-5-12-23(21)24-16-20(26)13-14-22(24)17-7-2-1-3-8-17/h1-16,25-26H. The fourth-order valence-electron chi connectivity index (χ4n) is 3.27. The summed E-state index contributed by atoms with van der Waals surface area (Å²) in [6.07, 6.45) is 0. The van der Waals surface area contributed by atoms with Gasteiger partial charge in [0.05, 0.1) is 0 Å². The van der Waals surface area contributed by atoms with Gasteiger partial charge in [0.15, 0.2) is 0 Å². The summed E-state index contributed by atoms with van der Waals surface area (Å²) < 4.78 is 0. The first kappa shape index (κ1) is 16.0. The molecule has 4 aromatic rings. The molecule has 2 heteroatoms. The molecule has 0 spiro atoms. The lowest BCUT2D eigenvalue weighted by Crippen LogP contribution is -1.89. The average Bonchev–Trinajstić information content (AvgIpc) is 2.68. The van der Waals surface area contributed by atoms with Crippen molar-refractivity contribution in [3.8, 4) is 44.9 Å². The van der Waals surface area contributed by atoms with Crippen LogP contribution in [0, 0.1) is 0 Å². The zero-order valence-corrected chi connectivity index (χ0v) is 14.1. The molecule has 4 rings (SSSR count). The largest absolute Gasteiger partial charge is 0.508 e. The van der Waals surface area contributed by atoms with Crippen LogP contribution in [0.2, 0.25) is 0 Å². The van der Waals surface area contributed by atoms with Crippen LogP contribution in [0.25, 0.3) is 33.4 Å². The van der Waals surface area contributed by atoms with Crippen LogP contribution >= 0.6 is 0 Å². The van der Waals surface area contributed by atoms with Crippen molar-refractivity contribution in [2.24, 2.45) is 0 Å². The number of hydrogen-bond acceptors (Lipinski definition) is 2. The number of aromatic hydroxyl groups is 2. The zero-order chi connectivity index (χ0) is 17.9. The minimum Gasteiger partial charge on any atom is -0.508 e. The molecule has 2 N–H and O–H groups in total. The van der Waals surface area contributed by atoms with E-state index in [2.05, 4.69) is 12.1 Å². The Balaban J connectivity index is 1.96. The molecule has 0 aliphatic rings. The summed E-state index contributed by atoms with van der Waals surface area (Å²) in [5, 5.41) is 20.0. The summed E-state index contributed by atoms with van der Waals surface area (Å²) in [6.45, 7) is 0. The minimum absolute atomic E-state index is 0.227. The predicted octanol–water partition coefficient (Wildman–Crippen LogP) is 6.10. The van der Waals surface area contributed by atoms with Gasteiger partial charge in [-0.25, -0.2) is 0 Å². The Morgan fingerprint density at radius 2 is 1.00 bits per heavy atom. The highest BCUT2D eigenvalue weighted by atomic mass is 16.3. The molecule has 0 radical (unpaired) electrons. The molecule has 0 saturated heterocycles. The molecule has 0 atom stereocenters. The van der Waals surface area contributed by atoms with Crippen molar-refractivity contribution in [2.45, 2.75) is 0 Å². The third-order valence-electron chi connectivity index (χ3n) is 4.46. The van der Waals surface area contributed by atoms with Gasteiger partial charge in [-0.3, -0.25) is 0 Å². The maximum Gasteiger partial charge on any atom is 0.116 e. The second-order valence-electron chi connectivity index (χ2n) is 6.19. The molecule has 0 aliphatic carbocycles. The van der Waals surface area contributed by atoms with Crippen LogP contribution in [-0.4, -0.2) is 10.2 Å². The summed E-state index contributed by atoms with van der Waals surface area (Å²) in [6, 6.07) is 30.8. The Labute approximate surface area is 152 Å². The van der Waals surface area contributed by atoms with Gasteiger partial charge in [0, 0.05) is 0 Å². The van der Waals surface area contributed by atoms with Gasteiger partial charge in [-0.05, 0) is 57.6 Å². The van der Waals surface area contributed by atoms with Crippen LogP contribution in [0.1, 0.15) is 0 Å². The molecular weight excluding hydrogens is 320 g/mol. The zero-order valence-electron chi connectivity index (χ0n) is 14.1. The number of phenolic OH excluding ortho intramolecular Hbond substituents is 2. The molecule has 0 aliphatic heterocycles. The molecule has 2 nitrogen and oxygen atoms in total. The van der Waals surface area contributed by atoms with Gasteiger partial charge in [-0.1, -0.05) is 72.8 Å². The molecule has 26 heavy (non-hydrogen) atoms. The normalized spacial score (nSPS) is 10.6. The summed E-state index contributed by atoms with van der Waals surface area (Å²) >= 11 is 0. The fraction of sp³-hybridized carbons (Fsp3) is 0. The average molecular weight is 338 g/mol. The summed E-state index contributed by atoms with van der Waals surface area (Å²) in [5.74, 6) is 0.460. The highest BCUT2D eigenvalue weighted by Gasteiger charge is 2.13. The molecular formula is C24H18O2.